The monoisotopic (exact) mass is 660 g/mol. The first kappa shape index (κ1) is 36.5. The van der Waals surface area contributed by atoms with Crippen molar-refractivity contribution < 1.29 is 42.2 Å². The van der Waals surface area contributed by atoms with E-state index in [-0.39, 0.29) is 12.6 Å². The summed E-state index contributed by atoms with van der Waals surface area (Å²) in [5, 5.41) is 0. The maximum atomic E-state index is 12.4. The van der Waals surface area contributed by atoms with Gasteiger partial charge in [0.05, 0.1) is 75.3 Å². The van der Waals surface area contributed by atoms with Crippen LogP contribution in [0, 0.1) is 0 Å². The van der Waals surface area contributed by atoms with E-state index in [0.717, 1.165) is 83.8 Å². The lowest BCUT2D eigenvalue weighted by atomic mass is 9.86. The molecule has 0 aliphatic carbocycles. The Labute approximate surface area is 285 Å². The molecular formula is C39H52N2O7+2. The summed E-state index contributed by atoms with van der Waals surface area (Å²) in [6.07, 6.45) is 5.44. The molecule has 0 bridgehead atoms. The molecule has 0 fully saturated rings. The maximum absolute atomic E-state index is 12.4. The molecule has 9 heteroatoms. The van der Waals surface area contributed by atoms with Crippen molar-refractivity contribution in [1.29, 1.82) is 0 Å². The summed E-state index contributed by atoms with van der Waals surface area (Å²) in [6, 6.07) is 22.9. The summed E-state index contributed by atoms with van der Waals surface area (Å²) in [4.78, 5) is 24.6. The van der Waals surface area contributed by atoms with Gasteiger partial charge in [0.25, 0.3) is 0 Å². The van der Waals surface area contributed by atoms with E-state index in [1.54, 1.807) is 21.3 Å². The van der Waals surface area contributed by atoms with Gasteiger partial charge in [-0.05, 0) is 35.4 Å². The Kier molecular flexibility index (Phi) is 13.1. The third kappa shape index (κ3) is 10.3. The molecule has 258 valence electrons. The number of fused-ring (bicyclic) bond motifs is 1. The largest absolute Gasteiger partial charge is 0.497 e. The highest BCUT2D eigenvalue weighted by atomic mass is 16.5. The fourth-order valence-corrected chi connectivity index (χ4v) is 6.57. The Morgan fingerprint density at radius 3 is 2.06 bits per heavy atom. The third-order valence-electron chi connectivity index (χ3n) is 9.26. The molecule has 9 nitrogen and oxygen atoms in total. The molecule has 2 atom stereocenters. The van der Waals surface area contributed by atoms with Crippen molar-refractivity contribution in [3.8, 4) is 17.2 Å². The quantitative estimate of drug-likeness (QED) is 0.0796. The van der Waals surface area contributed by atoms with Crippen LogP contribution in [0.3, 0.4) is 0 Å². The number of carbonyl (C=O) groups is 2. The average molecular weight is 661 g/mol. The Morgan fingerprint density at radius 1 is 0.812 bits per heavy atom. The summed E-state index contributed by atoms with van der Waals surface area (Å²) in [5.41, 5.74) is 4.99. The highest BCUT2D eigenvalue weighted by Gasteiger charge is 2.39. The van der Waals surface area contributed by atoms with Crippen LogP contribution in [-0.4, -0.2) is 96.2 Å². The lowest BCUT2D eigenvalue weighted by Gasteiger charge is -2.46. The zero-order valence-electron chi connectivity index (χ0n) is 29.4. The van der Waals surface area contributed by atoms with E-state index in [1.807, 2.05) is 30.3 Å². The van der Waals surface area contributed by atoms with Crippen LogP contribution in [0.1, 0.15) is 41.1 Å². The predicted molar refractivity (Wildman–Crippen MR) is 186 cm³/mol. The van der Waals surface area contributed by atoms with Gasteiger partial charge in [0.2, 0.25) is 0 Å². The van der Waals surface area contributed by atoms with E-state index in [0.29, 0.717) is 13.0 Å². The molecule has 4 rings (SSSR count). The van der Waals surface area contributed by atoms with Crippen molar-refractivity contribution in [3.05, 3.63) is 101 Å². The Bertz CT molecular complexity index is 1520. The minimum absolute atomic E-state index is 0.162. The lowest BCUT2D eigenvalue weighted by molar-refractivity contribution is -0.941. The standard InChI is InChI=1S/C39H52N2O7/c1-40(2,29-31-12-8-7-9-13-31)21-10-24-47-38(42)18-19-39(43)48-25-11-22-41(3)23-20-32-27-36(45-5)37(46-6)28-34(32)35(41)26-30-14-16-33(44-4)17-15-30/h7-9,12-19,27-28,35H,10-11,20-26,29H2,1-6H3/q+2/b19-18-. The van der Waals surface area contributed by atoms with Crippen LogP contribution in [0.2, 0.25) is 0 Å². The first-order valence-electron chi connectivity index (χ1n) is 16.7. The molecule has 0 saturated carbocycles. The van der Waals surface area contributed by atoms with Crippen LogP contribution in [0.25, 0.3) is 0 Å². The smallest absolute Gasteiger partial charge is 0.331 e. The number of quaternary nitrogens is 2. The molecule has 2 unspecified atom stereocenters. The van der Waals surface area contributed by atoms with Crippen LogP contribution in [0.5, 0.6) is 17.2 Å². The number of carbonyl (C=O) groups excluding carboxylic acids is 2. The molecular weight excluding hydrogens is 608 g/mol. The number of benzene rings is 3. The van der Waals surface area contributed by atoms with Gasteiger partial charge < -0.3 is 32.7 Å². The zero-order valence-corrected chi connectivity index (χ0v) is 29.4. The van der Waals surface area contributed by atoms with Crippen molar-refractivity contribution in [2.24, 2.45) is 0 Å². The topological polar surface area (TPSA) is 80.3 Å². The third-order valence-corrected chi connectivity index (χ3v) is 9.26. The van der Waals surface area contributed by atoms with Gasteiger partial charge in [-0.1, -0.05) is 42.5 Å². The van der Waals surface area contributed by atoms with Crippen molar-refractivity contribution in [3.63, 3.8) is 0 Å². The van der Waals surface area contributed by atoms with Crippen LogP contribution >= 0.6 is 0 Å². The molecule has 1 heterocycles. The number of esters is 2. The van der Waals surface area contributed by atoms with Gasteiger partial charge >= 0.3 is 11.9 Å². The minimum Gasteiger partial charge on any atom is -0.497 e. The second-order valence-electron chi connectivity index (χ2n) is 13.3. The van der Waals surface area contributed by atoms with Gasteiger partial charge in [0.15, 0.2) is 11.5 Å². The van der Waals surface area contributed by atoms with E-state index < -0.39 is 11.9 Å². The van der Waals surface area contributed by atoms with Crippen LogP contribution in [0.4, 0.5) is 0 Å². The summed E-state index contributed by atoms with van der Waals surface area (Å²) in [5.74, 6) is 1.19. The van der Waals surface area contributed by atoms with Gasteiger partial charge in [0.1, 0.15) is 18.3 Å². The van der Waals surface area contributed by atoms with Crippen molar-refractivity contribution in [2.45, 2.75) is 38.3 Å². The SMILES string of the molecule is COc1ccc(CC2c3cc(OC)c(OC)cc3CC[N+]2(C)CCCOC(=O)/C=C\C(=O)OCCC[N+](C)(C)Cc2ccccc2)cc1. The highest BCUT2D eigenvalue weighted by Crippen LogP contribution is 2.42. The average Bonchev–Trinajstić information content (AvgIpc) is 3.09. The Hall–Kier alpha value is -4.34. The first-order chi connectivity index (χ1) is 23.1. The minimum atomic E-state index is -0.550. The molecule has 0 amide bonds. The van der Waals surface area contributed by atoms with Gasteiger partial charge in [-0.3, -0.25) is 0 Å². The molecule has 0 saturated heterocycles. The number of hydrogen-bond acceptors (Lipinski definition) is 7. The first-order valence-corrected chi connectivity index (χ1v) is 16.7. The van der Waals surface area contributed by atoms with Gasteiger partial charge in [0, 0.05) is 49.0 Å². The Morgan fingerprint density at radius 2 is 1.44 bits per heavy atom. The summed E-state index contributed by atoms with van der Waals surface area (Å²) in [6.45, 7) is 4.07. The second kappa shape index (κ2) is 17.2. The molecule has 0 radical (unpaired) electrons. The number of methoxy groups -OCH3 is 3. The highest BCUT2D eigenvalue weighted by molar-refractivity contribution is 5.91. The fraction of sp³-hybridized carbons (Fsp3) is 0.436. The van der Waals surface area contributed by atoms with Gasteiger partial charge in [-0.2, -0.15) is 0 Å². The number of nitrogens with zero attached hydrogens (tertiary/aromatic N) is 2. The van der Waals surface area contributed by atoms with Gasteiger partial charge in [-0.25, -0.2) is 9.59 Å². The molecule has 0 aromatic heterocycles. The number of ether oxygens (including phenoxy) is 5. The van der Waals surface area contributed by atoms with E-state index >= 15 is 0 Å². The number of rotatable bonds is 17. The summed E-state index contributed by atoms with van der Waals surface area (Å²) < 4.78 is 29.0. The molecule has 3 aromatic carbocycles. The second-order valence-corrected chi connectivity index (χ2v) is 13.3. The molecule has 1 aliphatic rings. The summed E-state index contributed by atoms with van der Waals surface area (Å²) in [7, 11) is 11.6. The van der Waals surface area contributed by atoms with Crippen LogP contribution in [-0.2, 0) is 38.4 Å². The summed E-state index contributed by atoms with van der Waals surface area (Å²) >= 11 is 0. The van der Waals surface area contributed by atoms with Crippen molar-refractivity contribution >= 4 is 11.9 Å². The number of likely N-dealkylation sites (N-methyl/N-ethyl adjacent to an activating group) is 1. The lowest BCUT2D eigenvalue weighted by Crippen LogP contribution is -2.52. The van der Waals surface area contributed by atoms with Crippen LogP contribution < -0.4 is 14.2 Å². The van der Waals surface area contributed by atoms with E-state index in [2.05, 4.69) is 57.5 Å². The van der Waals surface area contributed by atoms with Crippen molar-refractivity contribution in [2.75, 3.05) is 75.3 Å². The molecule has 0 spiro atoms. The fourth-order valence-electron chi connectivity index (χ4n) is 6.57. The molecule has 1 aliphatic heterocycles. The zero-order chi connectivity index (χ0) is 34.6. The predicted octanol–water partition coefficient (Wildman–Crippen LogP) is 5.70. The van der Waals surface area contributed by atoms with Gasteiger partial charge in [-0.15, -0.1) is 0 Å². The normalized spacial score (nSPS) is 17.4. The van der Waals surface area contributed by atoms with E-state index in [4.69, 9.17) is 23.7 Å². The van der Waals surface area contributed by atoms with E-state index in [1.165, 1.54) is 22.3 Å². The number of hydrogen-bond donors (Lipinski definition) is 0. The van der Waals surface area contributed by atoms with Crippen molar-refractivity contribution in [1.82, 2.24) is 0 Å². The molecule has 48 heavy (non-hydrogen) atoms. The molecule has 3 aromatic rings. The molecule has 0 N–H and O–H groups in total. The maximum Gasteiger partial charge on any atom is 0.331 e. The Balaban J connectivity index is 1.27. The van der Waals surface area contributed by atoms with Crippen LogP contribution in [0.15, 0.2) is 78.9 Å². The van der Waals surface area contributed by atoms with E-state index in [9.17, 15) is 9.59 Å².